The van der Waals surface area contributed by atoms with Crippen molar-refractivity contribution in [3.8, 4) is 0 Å². The minimum atomic E-state index is -1.90. The van der Waals surface area contributed by atoms with Gasteiger partial charge in [-0.15, -0.1) is 0 Å². The first-order valence-electron chi connectivity index (χ1n) is 7.32. The van der Waals surface area contributed by atoms with Crippen LogP contribution in [0, 0.1) is 0 Å². The number of nitrogens with zero attached hydrogens (tertiary/aromatic N) is 3. The normalized spacial score (nSPS) is 26.6. The number of ether oxygens (including phenoxy) is 1. The fourth-order valence-corrected chi connectivity index (χ4v) is 2.62. The molecule has 2 N–H and O–H groups in total. The van der Waals surface area contributed by atoms with Crippen molar-refractivity contribution >= 4 is 0 Å². The standard InChI is InChI=1S/C15H16FN3O5/c16-12-13(22)10(8-20)24-14(12)18-6-3-11(21)19(15(18)23)7-9-1-4-17-5-2-9/h1-6,10,12-14,20,22H,7-8H2/t10-,12-,13-,14-/m1/s1. The van der Waals surface area contributed by atoms with Gasteiger partial charge in [-0.05, 0) is 17.7 Å². The molecule has 0 spiro atoms. The summed E-state index contributed by atoms with van der Waals surface area (Å²) in [7, 11) is 0. The molecule has 0 radical (unpaired) electrons. The maximum Gasteiger partial charge on any atom is 0.333 e. The zero-order chi connectivity index (χ0) is 17.3. The highest BCUT2D eigenvalue weighted by Crippen LogP contribution is 2.30. The summed E-state index contributed by atoms with van der Waals surface area (Å²) in [5.41, 5.74) is -0.627. The predicted octanol–water partition coefficient (Wildman–Crippen LogP) is -0.958. The molecule has 2 aromatic rings. The van der Waals surface area contributed by atoms with Crippen molar-refractivity contribution in [1.29, 1.82) is 0 Å². The van der Waals surface area contributed by atoms with Crippen LogP contribution in [-0.4, -0.2) is 49.3 Å². The Bertz CT molecular complexity index is 822. The zero-order valence-corrected chi connectivity index (χ0v) is 12.5. The molecule has 4 atom stereocenters. The molecule has 24 heavy (non-hydrogen) atoms. The largest absolute Gasteiger partial charge is 0.394 e. The summed E-state index contributed by atoms with van der Waals surface area (Å²) in [6, 6.07) is 4.43. The molecule has 3 rings (SSSR count). The molecule has 0 amide bonds. The zero-order valence-electron chi connectivity index (χ0n) is 12.5. The van der Waals surface area contributed by atoms with Crippen LogP contribution in [-0.2, 0) is 11.3 Å². The second-order valence-electron chi connectivity index (χ2n) is 5.47. The summed E-state index contributed by atoms with van der Waals surface area (Å²) in [5, 5.41) is 18.8. The summed E-state index contributed by atoms with van der Waals surface area (Å²) in [6.07, 6.45) is -1.80. The average molecular weight is 337 g/mol. The van der Waals surface area contributed by atoms with Gasteiger partial charge in [-0.1, -0.05) is 0 Å². The van der Waals surface area contributed by atoms with Crippen LogP contribution in [0.4, 0.5) is 4.39 Å². The molecular weight excluding hydrogens is 321 g/mol. The number of rotatable bonds is 4. The SMILES string of the molecule is O=c1ccn([C@@H]2O[C@H](CO)[C@@H](O)[C@H]2F)c(=O)n1Cc1ccncc1. The van der Waals surface area contributed by atoms with Crippen LogP contribution >= 0.6 is 0 Å². The van der Waals surface area contributed by atoms with Crippen LogP contribution < -0.4 is 11.2 Å². The second-order valence-corrected chi connectivity index (χ2v) is 5.47. The van der Waals surface area contributed by atoms with Crippen molar-refractivity contribution in [1.82, 2.24) is 14.1 Å². The van der Waals surface area contributed by atoms with Crippen molar-refractivity contribution in [3.63, 3.8) is 0 Å². The van der Waals surface area contributed by atoms with Crippen molar-refractivity contribution in [2.45, 2.75) is 31.2 Å². The molecule has 0 aliphatic carbocycles. The van der Waals surface area contributed by atoms with E-state index in [-0.39, 0.29) is 6.54 Å². The monoisotopic (exact) mass is 337 g/mol. The van der Waals surface area contributed by atoms with E-state index in [4.69, 9.17) is 9.84 Å². The topological polar surface area (TPSA) is 107 Å². The molecular formula is C15H16FN3O5. The van der Waals surface area contributed by atoms with E-state index in [1.807, 2.05) is 0 Å². The van der Waals surface area contributed by atoms with Gasteiger partial charge in [0.05, 0.1) is 13.2 Å². The molecule has 1 saturated heterocycles. The number of aliphatic hydroxyl groups is 2. The third kappa shape index (κ3) is 2.88. The Morgan fingerprint density at radius 2 is 1.96 bits per heavy atom. The van der Waals surface area contributed by atoms with Crippen LogP contribution in [0.1, 0.15) is 11.8 Å². The van der Waals surface area contributed by atoms with E-state index >= 15 is 0 Å². The molecule has 1 aliphatic heterocycles. The molecule has 0 aromatic carbocycles. The van der Waals surface area contributed by atoms with Gasteiger partial charge in [0, 0.05) is 24.7 Å². The molecule has 3 heterocycles. The highest BCUT2D eigenvalue weighted by Gasteiger charge is 2.45. The molecule has 0 saturated carbocycles. The van der Waals surface area contributed by atoms with Crippen LogP contribution in [0.5, 0.6) is 0 Å². The number of hydrogen-bond donors (Lipinski definition) is 2. The maximum absolute atomic E-state index is 14.2. The fraction of sp³-hybridized carbons (Fsp3) is 0.400. The number of alkyl halides is 1. The molecule has 1 aliphatic rings. The lowest BCUT2D eigenvalue weighted by molar-refractivity contribution is -0.0496. The van der Waals surface area contributed by atoms with E-state index in [0.717, 1.165) is 21.4 Å². The summed E-state index contributed by atoms with van der Waals surface area (Å²) in [6.45, 7) is -0.583. The van der Waals surface area contributed by atoms with E-state index in [2.05, 4.69) is 4.98 Å². The molecule has 1 fully saturated rings. The van der Waals surface area contributed by atoms with Gasteiger partial charge in [0.25, 0.3) is 5.56 Å². The number of pyridine rings is 1. The van der Waals surface area contributed by atoms with Gasteiger partial charge in [-0.3, -0.25) is 18.9 Å². The van der Waals surface area contributed by atoms with Gasteiger partial charge in [0.2, 0.25) is 0 Å². The predicted molar refractivity (Wildman–Crippen MR) is 80.2 cm³/mol. The number of aliphatic hydroxyl groups excluding tert-OH is 2. The Labute approximate surface area is 135 Å². The molecule has 0 unspecified atom stereocenters. The van der Waals surface area contributed by atoms with E-state index < -0.39 is 42.5 Å². The average Bonchev–Trinajstić information content (AvgIpc) is 2.88. The smallest absolute Gasteiger partial charge is 0.333 e. The first-order chi connectivity index (χ1) is 11.5. The Morgan fingerprint density at radius 1 is 1.25 bits per heavy atom. The molecule has 0 bridgehead atoms. The lowest BCUT2D eigenvalue weighted by Crippen LogP contribution is -2.42. The third-order valence-corrected chi connectivity index (χ3v) is 3.93. The van der Waals surface area contributed by atoms with Crippen molar-refractivity contribution in [2.75, 3.05) is 6.61 Å². The van der Waals surface area contributed by atoms with E-state index in [0.29, 0.717) is 5.56 Å². The second kappa shape index (κ2) is 6.63. The lowest BCUT2D eigenvalue weighted by atomic mass is 10.1. The number of halogens is 1. The van der Waals surface area contributed by atoms with Crippen molar-refractivity contribution < 1.29 is 19.3 Å². The highest BCUT2D eigenvalue weighted by molar-refractivity contribution is 5.10. The van der Waals surface area contributed by atoms with Crippen LogP contribution in [0.15, 0.2) is 46.4 Å². The van der Waals surface area contributed by atoms with Crippen LogP contribution in [0.2, 0.25) is 0 Å². The van der Waals surface area contributed by atoms with Crippen molar-refractivity contribution in [3.05, 3.63) is 63.2 Å². The van der Waals surface area contributed by atoms with Gasteiger partial charge in [-0.2, -0.15) is 0 Å². The highest BCUT2D eigenvalue weighted by atomic mass is 19.1. The lowest BCUT2D eigenvalue weighted by Gasteiger charge is -2.17. The van der Waals surface area contributed by atoms with Crippen LogP contribution in [0.25, 0.3) is 0 Å². The summed E-state index contributed by atoms with van der Waals surface area (Å²) in [5.74, 6) is 0. The number of hydrogen-bond acceptors (Lipinski definition) is 6. The molecule has 2 aromatic heterocycles. The van der Waals surface area contributed by atoms with E-state index in [1.165, 1.54) is 12.4 Å². The molecule has 128 valence electrons. The minimum absolute atomic E-state index is 0.00329. The Kier molecular flexibility index (Phi) is 4.56. The Balaban J connectivity index is 1.98. The van der Waals surface area contributed by atoms with Gasteiger partial charge in [0.1, 0.15) is 12.2 Å². The van der Waals surface area contributed by atoms with E-state index in [1.54, 1.807) is 12.1 Å². The summed E-state index contributed by atoms with van der Waals surface area (Å²) in [4.78, 5) is 28.4. The summed E-state index contributed by atoms with van der Waals surface area (Å²) < 4.78 is 21.3. The van der Waals surface area contributed by atoms with E-state index in [9.17, 15) is 19.1 Å². The third-order valence-electron chi connectivity index (χ3n) is 3.93. The Hall–Kier alpha value is -2.36. The fourth-order valence-electron chi connectivity index (χ4n) is 2.62. The first kappa shape index (κ1) is 16.5. The number of aromatic nitrogens is 3. The minimum Gasteiger partial charge on any atom is -0.394 e. The van der Waals surface area contributed by atoms with Gasteiger partial charge < -0.3 is 14.9 Å². The Morgan fingerprint density at radius 3 is 2.58 bits per heavy atom. The van der Waals surface area contributed by atoms with Crippen molar-refractivity contribution in [2.24, 2.45) is 0 Å². The summed E-state index contributed by atoms with van der Waals surface area (Å²) >= 11 is 0. The quantitative estimate of drug-likeness (QED) is 0.744. The van der Waals surface area contributed by atoms with Gasteiger partial charge in [-0.25, -0.2) is 9.18 Å². The van der Waals surface area contributed by atoms with Gasteiger partial charge >= 0.3 is 5.69 Å². The maximum atomic E-state index is 14.2. The molecule has 8 nitrogen and oxygen atoms in total. The first-order valence-corrected chi connectivity index (χ1v) is 7.32. The van der Waals surface area contributed by atoms with Crippen LogP contribution in [0.3, 0.4) is 0 Å². The van der Waals surface area contributed by atoms with Gasteiger partial charge in [0.15, 0.2) is 12.4 Å². The molecule has 9 heteroatoms.